The Morgan fingerprint density at radius 2 is 2.36 bits per heavy atom. The number of hydrogen-bond acceptors (Lipinski definition) is 3. The van der Waals surface area contributed by atoms with E-state index in [2.05, 4.69) is 20.9 Å². The maximum absolute atomic E-state index is 10.8. The number of ether oxygens (including phenoxy) is 1. The van der Waals surface area contributed by atoms with Crippen LogP contribution in [0.1, 0.15) is 19.4 Å². The summed E-state index contributed by atoms with van der Waals surface area (Å²) in [5, 5.41) is 0.290. The number of halogens is 2. The fourth-order valence-electron chi connectivity index (χ4n) is 0.966. The average molecular weight is 279 g/mol. The Morgan fingerprint density at radius 1 is 1.71 bits per heavy atom. The smallest absolute Gasteiger partial charge is 0.309 e. The first-order valence-corrected chi connectivity index (χ1v) is 5.25. The highest BCUT2D eigenvalue weighted by Crippen LogP contribution is 2.27. The highest BCUT2D eigenvalue weighted by atomic mass is 79.9. The van der Waals surface area contributed by atoms with Crippen molar-refractivity contribution >= 4 is 33.5 Å². The second-order valence-corrected chi connectivity index (χ2v) is 3.88. The molecule has 1 rings (SSSR count). The molecule has 14 heavy (non-hydrogen) atoms. The van der Waals surface area contributed by atoms with Crippen LogP contribution in [0.15, 0.2) is 10.5 Å². The minimum Gasteiger partial charge on any atom is -0.407 e. The highest BCUT2D eigenvalue weighted by molar-refractivity contribution is 9.10. The lowest BCUT2D eigenvalue weighted by molar-refractivity contribution is -0.132. The van der Waals surface area contributed by atoms with Crippen molar-refractivity contribution in [3.63, 3.8) is 0 Å². The number of nitrogens with zero attached hydrogens (tertiary/aromatic N) is 1. The maximum Gasteiger partial charge on any atom is 0.309 e. The minimum atomic E-state index is -0.398. The van der Waals surface area contributed by atoms with E-state index in [1.54, 1.807) is 6.07 Å². The first-order valence-electron chi connectivity index (χ1n) is 4.08. The van der Waals surface area contributed by atoms with Gasteiger partial charge < -0.3 is 4.74 Å². The molecule has 0 atom stereocenters. The molecule has 1 heterocycles. The van der Waals surface area contributed by atoms with Crippen LogP contribution in [0, 0.1) is 0 Å². The van der Waals surface area contributed by atoms with Gasteiger partial charge in [0.1, 0.15) is 5.15 Å². The molecule has 0 aliphatic carbocycles. The number of carbonyl (C=O) groups excluding carboxylic acids is 1. The van der Waals surface area contributed by atoms with Gasteiger partial charge in [-0.25, -0.2) is 0 Å². The van der Waals surface area contributed by atoms with Crippen LogP contribution in [-0.4, -0.2) is 11.0 Å². The van der Waals surface area contributed by atoms with Gasteiger partial charge in [0, 0.05) is 12.5 Å². The lowest BCUT2D eigenvalue weighted by Crippen LogP contribution is -2.06. The van der Waals surface area contributed by atoms with E-state index in [0.29, 0.717) is 9.63 Å². The first kappa shape index (κ1) is 11.5. The fourth-order valence-corrected chi connectivity index (χ4v) is 1.46. The number of carbonyl (C=O) groups is 1. The van der Waals surface area contributed by atoms with Crippen molar-refractivity contribution in [2.24, 2.45) is 0 Å². The zero-order valence-corrected chi connectivity index (χ0v) is 10.1. The van der Waals surface area contributed by atoms with Gasteiger partial charge in [0.25, 0.3) is 0 Å². The van der Waals surface area contributed by atoms with Crippen molar-refractivity contribution < 1.29 is 9.53 Å². The molecule has 0 amide bonds. The topological polar surface area (TPSA) is 39.2 Å². The number of aryl methyl sites for hydroxylation is 1. The SMILES string of the molecule is CCc1cc(Br)c(Cl)nc1OC(C)=O. The Morgan fingerprint density at radius 3 is 2.86 bits per heavy atom. The average Bonchev–Trinajstić information content (AvgIpc) is 2.10. The molecule has 1 aromatic heterocycles. The molecule has 0 aliphatic rings. The third-order valence-corrected chi connectivity index (χ3v) is 2.71. The zero-order valence-electron chi connectivity index (χ0n) is 7.80. The van der Waals surface area contributed by atoms with Gasteiger partial charge in [-0.2, -0.15) is 4.98 Å². The van der Waals surface area contributed by atoms with E-state index < -0.39 is 5.97 Å². The molecule has 0 N–H and O–H groups in total. The zero-order chi connectivity index (χ0) is 10.7. The summed E-state index contributed by atoms with van der Waals surface area (Å²) in [5.74, 6) is -0.112. The summed E-state index contributed by atoms with van der Waals surface area (Å²) in [6, 6.07) is 1.80. The number of hydrogen-bond donors (Lipinski definition) is 0. The lowest BCUT2D eigenvalue weighted by Gasteiger charge is -2.07. The van der Waals surface area contributed by atoms with Crippen molar-refractivity contribution in [1.82, 2.24) is 4.98 Å². The van der Waals surface area contributed by atoms with Gasteiger partial charge in [0.2, 0.25) is 5.88 Å². The molecular weight excluding hydrogens is 269 g/mol. The second kappa shape index (κ2) is 4.75. The number of esters is 1. The summed E-state index contributed by atoms with van der Waals surface area (Å²) in [6.45, 7) is 3.28. The van der Waals surface area contributed by atoms with Gasteiger partial charge in [-0.05, 0) is 28.4 Å². The summed E-state index contributed by atoms with van der Waals surface area (Å²) in [5.41, 5.74) is 0.844. The fraction of sp³-hybridized carbons (Fsp3) is 0.333. The molecule has 0 unspecified atom stereocenters. The molecule has 0 saturated carbocycles. The number of aromatic nitrogens is 1. The van der Waals surface area contributed by atoms with Gasteiger partial charge >= 0.3 is 5.97 Å². The van der Waals surface area contributed by atoms with Crippen molar-refractivity contribution in [3.05, 3.63) is 21.3 Å². The monoisotopic (exact) mass is 277 g/mol. The van der Waals surface area contributed by atoms with Crippen LogP contribution < -0.4 is 4.74 Å². The van der Waals surface area contributed by atoms with Gasteiger partial charge in [-0.3, -0.25) is 4.79 Å². The van der Waals surface area contributed by atoms with E-state index in [-0.39, 0.29) is 5.88 Å². The molecule has 0 aliphatic heterocycles. The summed E-state index contributed by atoms with van der Waals surface area (Å²) in [7, 11) is 0. The van der Waals surface area contributed by atoms with Crippen LogP contribution in [0.2, 0.25) is 5.15 Å². The standard InChI is InChI=1S/C9H9BrClNO2/c1-3-6-4-7(10)8(11)12-9(6)14-5(2)13/h4H,3H2,1-2H3. The van der Waals surface area contributed by atoms with Gasteiger partial charge in [0.15, 0.2) is 0 Å². The third-order valence-electron chi connectivity index (χ3n) is 1.59. The van der Waals surface area contributed by atoms with Crippen LogP contribution in [0.4, 0.5) is 0 Å². The Hall–Kier alpha value is -0.610. The predicted octanol–water partition coefficient (Wildman–Crippen LogP) is 2.99. The molecule has 0 bridgehead atoms. The van der Waals surface area contributed by atoms with Gasteiger partial charge in [0.05, 0.1) is 4.47 Å². The quantitative estimate of drug-likeness (QED) is 0.617. The van der Waals surface area contributed by atoms with E-state index in [1.807, 2.05) is 6.92 Å². The maximum atomic E-state index is 10.8. The minimum absolute atomic E-state index is 0.285. The van der Waals surface area contributed by atoms with Crippen LogP contribution in [0.5, 0.6) is 5.88 Å². The van der Waals surface area contributed by atoms with Crippen molar-refractivity contribution in [2.45, 2.75) is 20.3 Å². The molecule has 0 radical (unpaired) electrons. The molecule has 1 aromatic rings. The van der Waals surface area contributed by atoms with Crippen molar-refractivity contribution in [1.29, 1.82) is 0 Å². The summed E-state index contributed by atoms with van der Waals surface area (Å²) < 4.78 is 5.62. The Labute approximate surface area is 95.6 Å². The molecule has 76 valence electrons. The van der Waals surface area contributed by atoms with E-state index in [9.17, 15) is 4.79 Å². The largest absolute Gasteiger partial charge is 0.407 e. The summed E-state index contributed by atoms with van der Waals surface area (Å²) >= 11 is 9.03. The number of pyridine rings is 1. The first-order chi connectivity index (χ1) is 6.54. The van der Waals surface area contributed by atoms with E-state index in [1.165, 1.54) is 6.92 Å². The van der Waals surface area contributed by atoms with Crippen LogP contribution in [0.3, 0.4) is 0 Å². The predicted molar refractivity (Wildman–Crippen MR) is 57.6 cm³/mol. The van der Waals surface area contributed by atoms with Gasteiger partial charge in [-0.1, -0.05) is 18.5 Å². The summed E-state index contributed by atoms with van der Waals surface area (Å²) in [6.07, 6.45) is 0.728. The van der Waals surface area contributed by atoms with Crippen LogP contribution in [-0.2, 0) is 11.2 Å². The van der Waals surface area contributed by atoms with E-state index in [0.717, 1.165) is 12.0 Å². The van der Waals surface area contributed by atoms with E-state index >= 15 is 0 Å². The molecule has 0 fully saturated rings. The Bertz CT molecular complexity index is 368. The van der Waals surface area contributed by atoms with Crippen LogP contribution >= 0.6 is 27.5 Å². The van der Waals surface area contributed by atoms with Crippen molar-refractivity contribution in [2.75, 3.05) is 0 Å². The summed E-state index contributed by atoms with van der Waals surface area (Å²) in [4.78, 5) is 14.7. The van der Waals surface area contributed by atoms with Crippen LogP contribution in [0.25, 0.3) is 0 Å². The van der Waals surface area contributed by atoms with Gasteiger partial charge in [-0.15, -0.1) is 0 Å². The molecule has 0 spiro atoms. The second-order valence-electron chi connectivity index (χ2n) is 2.67. The normalized spacial score (nSPS) is 10.0. The Balaban J connectivity index is 3.13. The van der Waals surface area contributed by atoms with Crippen molar-refractivity contribution in [3.8, 4) is 5.88 Å². The molecule has 0 saturated heterocycles. The molecular formula is C9H9BrClNO2. The lowest BCUT2D eigenvalue weighted by atomic mass is 10.2. The third kappa shape index (κ3) is 2.69. The van der Waals surface area contributed by atoms with E-state index in [4.69, 9.17) is 16.3 Å². The highest BCUT2D eigenvalue weighted by Gasteiger charge is 2.10. The Kier molecular flexibility index (Phi) is 3.89. The molecule has 5 heteroatoms. The molecule has 0 aromatic carbocycles. The number of rotatable bonds is 2. The molecule has 3 nitrogen and oxygen atoms in total.